The van der Waals surface area contributed by atoms with Crippen LogP contribution in [0.1, 0.15) is 29.1 Å². The number of hydrogen-bond acceptors (Lipinski definition) is 6. The van der Waals surface area contributed by atoms with Crippen molar-refractivity contribution in [2.24, 2.45) is 7.05 Å². The molecule has 1 atom stereocenters. The molecular weight excluding hydrogens is 362 g/mol. The molecule has 1 aromatic carbocycles. The third-order valence-corrected chi connectivity index (χ3v) is 5.59. The number of hydrogen-bond donors (Lipinski definition) is 1. The Labute approximate surface area is 161 Å². The van der Waals surface area contributed by atoms with Gasteiger partial charge in [-0.1, -0.05) is 23.9 Å². The molecule has 8 nitrogen and oxygen atoms in total. The topological polar surface area (TPSA) is 88.8 Å². The summed E-state index contributed by atoms with van der Waals surface area (Å²) in [7, 11) is 1.92. The van der Waals surface area contributed by atoms with E-state index in [-0.39, 0.29) is 11.3 Å². The maximum atomic E-state index is 12.6. The van der Waals surface area contributed by atoms with Crippen LogP contribution in [0.3, 0.4) is 0 Å². The van der Waals surface area contributed by atoms with Gasteiger partial charge in [0.1, 0.15) is 6.33 Å². The summed E-state index contributed by atoms with van der Waals surface area (Å²) in [6.45, 7) is 3.06. The van der Waals surface area contributed by atoms with E-state index < -0.39 is 0 Å². The summed E-state index contributed by atoms with van der Waals surface area (Å²) in [4.78, 5) is 22.9. The summed E-state index contributed by atoms with van der Waals surface area (Å²) in [5.41, 5.74) is 3.58. The van der Waals surface area contributed by atoms with Crippen molar-refractivity contribution in [3.8, 4) is 0 Å². The Morgan fingerprint density at radius 1 is 1.22 bits per heavy atom. The first-order chi connectivity index (χ1) is 13.1. The van der Waals surface area contributed by atoms with E-state index in [0.717, 1.165) is 27.8 Å². The van der Waals surface area contributed by atoms with Crippen molar-refractivity contribution in [3.05, 3.63) is 59.9 Å². The van der Waals surface area contributed by atoms with E-state index in [1.807, 2.05) is 35.9 Å². The molecule has 0 bridgehead atoms. The van der Waals surface area contributed by atoms with Crippen molar-refractivity contribution >= 4 is 23.5 Å². The molecule has 0 radical (unpaired) electrons. The fraction of sp³-hybridized carbons (Fsp3) is 0.278. The highest BCUT2D eigenvalue weighted by Gasteiger charge is 2.25. The number of carbonyl (C=O) groups is 1. The van der Waals surface area contributed by atoms with E-state index in [1.54, 1.807) is 35.4 Å². The molecule has 1 aliphatic heterocycles. The van der Waals surface area contributed by atoms with Crippen molar-refractivity contribution in [2.75, 3.05) is 5.32 Å². The molecule has 27 heavy (non-hydrogen) atoms. The summed E-state index contributed by atoms with van der Waals surface area (Å²) in [5.74, 6) is 0. The van der Waals surface area contributed by atoms with Gasteiger partial charge in [-0.25, -0.2) is 4.79 Å². The van der Waals surface area contributed by atoms with Crippen LogP contribution in [0.2, 0.25) is 0 Å². The maximum absolute atomic E-state index is 12.6. The largest absolute Gasteiger partial charge is 0.322 e. The predicted molar refractivity (Wildman–Crippen MR) is 102 cm³/mol. The van der Waals surface area contributed by atoms with Crippen LogP contribution in [0.15, 0.2) is 48.1 Å². The number of amides is 2. The van der Waals surface area contributed by atoms with Gasteiger partial charge >= 0.3 is 6.03 Å². The van der Waals surface area contributed by atoms with E-state index in [0.29, 0.717) is 13.1 Å². The molecule has 138 valence electrons. The van der Waals surface area contributed by atoms with Crippen LogP contribution in [-0.2, 0) is 20.1 Å². The van der Waals surface area contributed by atoms with Crippen LogP contribution in [0.25, 0.3) is 0 Å². The van der Waals surface area contributed by atoms with Gasteiger partial charge < -0.3 is 14.8 Å². The monoisotopic (exact) mass is 381 g/mol. The maximum Gasteiger partial charge on any atom is 0.322 e. The van der Waals surface area contributed by atoms with Crippen LogP contribution in [0.4, 0.5) is 10.5 Å². The third kappa shape index (κ3) is 3.77. The number of rotatable bonds is 4. The van der Waals surface area contributed by atoms with E-state index >= 15 is 0 Å². The molecule has 1 N–H and O–H groups in total. The molecule has 9 heteroatoms. The average Bonchev–Trinajstić information content (AvgIpc) is 3.28. The second kappa shape index (κ2) is 7.36. The van der Waals surface area contributed by atoms with Gasteiger partial charge in [0.25, 0.3) is 0 Å². The Morgan fingerprint density at radius 3 is 2.63 bits per heavy atom. The second-order valence-corrected chi connectivity index (χ2v) is 7.65. The van der Waals surface area contributed by atoms with Crippen molar-refractivity contribution in [1.29, 1.82) is 0 Å². The number of urea groups is 1. The van der Waals surface area contributed by atoms with Gasteiger partial charge in [-0.05, 0) is 24.6 Å². The Hall–Kier alpha value is -2.94. The smallest absolute Gasteiger partial charge is 0.313 e. The summed E-state index contributed by atoms with van der Waals surface area (Å²) in [6, 6.07) is 7.72. The molecule has 0 saturated heterocycles. The lowest BCUT2D eigenvalue weighted by molar-refractivity contribution is 0.212. The summed E-state index contributed by atoms with van der Waals surface area (Å²) in [5, 5.41) is 12.0. The highest BCUT2D eigenvalue weighted by atomic mass is 32.2. The molecule has 3 aromatic rings. The van der Waals surface area contributed by atoms with Crippen molar-refractivity contribution in [1.82, 2.24) is 29.6 Å². The first-order valence-electron chi connectivity index (χ1n) is 8.55. The number of aromatic nitrogens is 5. The number of thioether (sulfide) groups is 1. The quantitative estimate of drug-likeness (QED) is 0.699. The van der Waals surface area contributed by atoms with Crippen LogP contribution in [-0.4, -0.2) is 35.7 Å². The zero-order valence-electron chi connectivity index (χ0n) is 15.0. The lowest BCUT2D eigenvalue weighted by Crippen LogP contribution is -2.30. The van der Waals surface area contributed by atoms with E-state index in [1.165, 1.54) is 0 Å². The molecule has 0 aliphatic carbocycles. The molecule has 3 heterocycles. The van der Waals surface area contributed by atoms with Crippen LogP contribution in [0.5, 0.6) is 0 Å². The normalized spacial score (nSPS) is 14.1. The van der Waals surface area contributed by atoms with Crippen molar-refractivity contribution in [3.63, 3.8) is 0 Å². The first-order valence-corrected chi connectivity index (χ1v) is 9.43. The predicted octanol–water partition coefficient (Wildman–Crippen LogP) is 3.01. The fourth-order valence-corrected chi connectivity index (χ4v) is 3.80. The first kappa shape index (κ1) is 17.5. The number of nitrogens with one attached hydrogen (secondary N) is 1. The lowest BCUT2D eigenvalue weighted by Gasteiger charge is -2.17. The Morgan fingerprint density at radius 2 is 1.96 bits per heavy atom. The Balaban J connectivity index is 1.42. The fourth-order valence-electron chi connectivity index (χ4n) is 2.90. The minimum atomic E-state index is -0.152. The van der Waals surface area contributed by atoms with E-state index in [2.05, 4.69) is 32.4 Å². The molecule has 1 aliphatic rings. The van der Waals surface area contributed by atoms with Crippen molar-refractivity contribution < 1.29 is 4.79 Å². The zero-order chi connectivity index (χ0) is 18.8. The van der Waals surface area contributed by atoms with Crippen LogP contribution in [0, 0.1) is 0 Å². The van der Waals surface area contributed by atoms with Gasteiger partial charge in [-0.3, -0.25) is 9.97 Å². The van der Waals surface area contributed by atoms with Crippen molar-refractivity contribution in [2.45, 2.75) is 30.4 Å². The molecule has 0 fully saturated rings. The van der Waals surface area contributed by atoms with Gasteiger partial charge in [0.2, 0.25) is 0 Å². The van der Waals surface area contributed by atoms with Gasteiger partial charge in [-0.2, -0.15) is 0 Å². The minimum absolute atomic E-state index is 0.152. The number of aryl methyl sites for hydroxylation is 1. The Bertz CT molecular complexity index is 949. The van der Waals surface area contributed by atoms with E-state index in [9.17, 15) is 4.79 Å². The SMILES string of the molecule is CC(Sc1nncn1C)c1cccc(NC(=O)N2Cc3nccnc3C2)c1. The molecule has 4 rings (SSSR count). The molecular formula is C18H19N7OS. The zero-order valence-corrected chi connectivity index (χ0v) is 15.8. The number of nitrogens with zero attached hydrogens (tertiary/aromatic N) is 6. The second-order valence-electron chi connectivity index (χ2n) is 6.35. The lowest BCUT2D eigenvalue weighted by atomic mass is 10.1. The van der Waals surface area contributed by atoms with E-state index in [4.69, 9.17) is 0 Å². The number of anilines is 1. The molecule has 2 amide bonds. The minimum Gasteiger partial charge on any atom is -0.313 e. The number of carbonyl (C=O) groups excluding carboxylic acids is 1. The van der Waals surface area contributed by atoms with Gasteiger partial charge in [-0.15, -0.1) is 10.2 Å². The highest BCUT2D eigenvalue weighted by Crippen LogP contribution is 2.34. The number of benzene rings is 1. The summed E-state index contributed by atoms with van der Waals surface area (Å²) < 4.78 is 1.89. The third-order valence-electron chi connectivity index (χ3n) is 4.39. The standard InChI is InChI=1S/C18H19N7OS/c1-12(27-18-23-21-11-24(18)2)13-4-3-5-14(8-13)22-17(26)25-9-15-16(10-25)20-7-6-19-15/h3-8,11-12H,9-10H2,1-2H3,(H,22,26). The summed E-state index contributed by atoms with van der Waals surface area (Å²) >= 11 is 1.62. The molecule has 0 saturated carbocycles. The average molecular weight is 381 g/mol. The van der Waals surface area contributed by atoms with Gasteiger partial charge in [0.05, 0.1) is 24.5 Å². The molecule has 2 aromatic heterocycles. The summed E-state index contributed by atoms with van der Waals surface area (Å²) in [6.07, 6.45) is 4.99. The van der Waals surface area contributed by atoms with Gasteiger partial charge in [0.15, 0.2) is 5.16 Å². The molecule has 0 spiro atoms. The molecule has 1 unspecified atom stereocenters. The van der Waals surface area contributed by atoms with Crippen LogP contribution < -0.4 is 5.32 Å². The van der Waals surface area contributed by atoms with Gasteiger partial charge in [0, 0.05) is 30.4 Å². The number of fused-ring (bicyclic) bond motifs is 1. The Kier molecular flexibility index (Phi) is 4.76. The highest BCUT2D eigenvalue weighted by molar-refractivity contribution is 7.99. The van der Waals surface area contributed by atoms with Crippen LogP contribution >= 0.6 is 11.8 Å².